The number of carbonyl (C=O) groups is 1. The van der Waals surface area contributed by atoms with Crippen LogP contribution < -0.4 is 9.47 Å². The Bertz CT molecular complexity index is 365. The van der Waals surface area contributed by atoms with Gasteiger partial charge in [-0.2, -0.15) is 4.98 Å². The van der Waals surface area contributed by atoms with Crippen LogP contribution in [-0.2, 0) is 0 Å². The Labute approximate surface area is 94.0 Å². The molecule has 0 bridgehead atoms. The summed E-state index contributed by atoms with van der Waals surface area (Å²) in [6, 6.07) is 2.77. The van der Waals surface area contributed by atoms with Crippen molar-refractivity contribution in [3.8, 4) is 11.8 Å². The number of pyridine rings is 1. The molecule has 0 saturated heterocycles. The molecule has 0 fully saturated rings. The van der Waals surface area contributed by atoms with Gasteiger partial charge in [0.25, 0.3) is 0 Å². The first-order valence-corrected chi connectivity index (χ1v) is 5.18. The van der Waals surface area contributed by atoms with E-state index < -0.39 is 5.97 Å². The van der Waals surface area contributed by atoms with Gasteiger partial charge in [-0.1, -0.05) is 6.92 Å². The molecular formula is C11H15NO4. The summed E-state index contributed by atoms with van der Waals surface area (Å²) in [5, 5.41) is 8.89. The molecule has 1 rings (SSSR count). The van der Waals surface area contributed by atoms with Gasteiger partial charge in [0.2, 0.25) is 11.8 Å². The van der Waals surface area contributed by atoms with Gasteiger partial charge in [-0.15, -0.1) is 0 Å². The van der Waals surface area contributed by atoms with Crippen molar-refractivity contribution in [2.24, 2.45) is 0 Å². The first-order chi connectivity index (χ1) is 7.67. The molecule has 0 aliphatic rings. The number of rotatable bonds is 6. The molecule has 5 nitrogen and oxygen atoms in total. The monoisotopic (exact) mass is 225 g/mol. The molecule has 16 heavy (non-hydrogen) atoms. The van der Waals surface area contributed by atoms with Crippen LogP contribution in [0.25, 0.3) is 0 Å². The van der Waals surface area contributed by atoms with Crippen LogP contribution >= 0.6 is 0 Å². The van der Waals surface area contributed by atoms with E-state index in [4.69, 9.17) is 14.6 Å². The van der Waals surface area contributed by atoms with Crippen molar-refractivity contribution >= 4 is 5.97 Å². The first-order valence-electron chi connectivity index (χ1n) is 5.18. The van der Waals surface area contributed by atoms with E-state index in [1.807, 2.05) is 13.8 Å². The topological polar surface area (TPSA) is 68.7 Å². The highest BCUT2D eigenvalue weighted by molar-refractivity contribution is 5.88. The van der Waals surface area contributed by atoms with Gasteiger partial charge in [0, 0.05) is 12.1 Å². The zero-order valence-electron chi connectivity index (χ0n) is 9.40. The average molecular weight is 225 g/mol. The highest BCUT2D eigenvalue weighted by atomic mass is 16.5. The number of nitrogens with zero attached hydrogens (tertiary/aromatic N) is 1. The molecule has 1 aromatic heterocycles. The average Bonchev–Trinajstić information content (AvgIpc) is 2.26. The van der Waals surface area contributed by atoms with Gasteiger partial charge in [-0.25, -0.2) is 4.79 Å². The Kier molecular flexibility index (Phi) is 4.57. The fraction of sp³-hybridized carbons (Fsp3) is 0.455. The van der Waals surface area contributed by atoms with Gasteiger partial charge in [0.05, 0.1) is 18.8 Å². The van der Waals surface area contributed by atoms with Gasteiger partial charge in [-0.05, 0) is 13.3 Å². The standard InChI is InChI=1S/C11H15NO4/c1-3-5-16-10-7-8(11(13)14)6-9(12-10)15-4-2/h6-7H,3-5H2,1-2H3,(H,13,14). The van der Waals surface area contributed by atoms with Crippen LogP contribution in [0.3, 0.4) is 0 Å². The highest BCUT2D eigenvalue weighted by Crippen LogP contribution is 2.18. The van der Waals surface area contributed by atoms with Crippen molar-refractivity contribution in [2.75, 3.05) is 13.2 Å². The van der Waals surface area contributed by atoms with Gasteiger partial charge in [0.15, 0.2) is 0 Å². The Balaban J connectivity index is 2.93. The maximum absolute atomic E-state index is 10.8. The second-order valence-corrected chi connectivity index (χ2v) is 3.12. The summed E-state index contributed by atoms with van der Waals surface area (Å²) in [5.74, 6) is -0.469. The molecule has 1 aromatic rings. The summed E-state index contributed by atoms with van der Waals surface area (Å²) in [7, 11) is 0. The summed E-state index contributed by atoms with van der Waals surface area (Å²) in [4.78, 5) is 14.9. The van der Waals surface area contributed by atoms with Crippen LogP contribution in [0.1, 0.15) is 30.6 Å². The third-order valence-electron chi connectivity index (χ3n) is 1.77. The van der Waals surface area contributed by atoms with E-state index >= 15 is 0 Å². The molecule has 0 unspecified atom stereocenters. The fourth-order valence-electron chi connectivity index (χ4n) is 1.11. The Morgan fingerprint density at radius 3 is 2.44 bits per heavy atom. The van der Waals surface area contributed by atoms with Crippen molar-refractivity contribution in [2.45, 2.75) is 20.3 Å². The lowest BCUT2D eigenvalue weighted by Crippen LogP contribution is -2.04. The number of carboxylic acids is 1. The largest absolute Gasteiger partial charge is 0.478 e. The molecule has 1 heterocycles. The quantitative estimate of drug-likeness (QED) is 0.801. The predicted octanol–water partition coefficient (Wildman–Crippen LogP) is 1.97. The Morgan fingerprint density at radius 1 is 1.31 bits per heavy atom. The van der Waals surface area contributed by atoms with E-state index in [9.17, 15) is 4.79 Å². The third-order valence-corrected chi connectivity index (χ3v) is 1.77. The normalized spacial score (nSPS) is 9.88. The van der Waals surface area contributed by atoms with E-state index in [1.54, 1.807) is 0 Å². The Hall–Kier alpha value is -1.78. The van der Waals surface area contributed by atoms with Crippen molar-refractivity contribution in [1.29, 1.82) is 0 Å². The van der Waals surface area contributed by atoms with Gasteiger partial charge in [0.1, 0.15) is 0 Å². The molecule has 0 radical (unpaired) electrons. The van der Waals surface area contributed by atoms with E-state index in [0.717, 1.165) is 6.42 Å². The SMILES string of the molecule is CCCOc1cc(C(=O)O)cc(OCC)n1. The van der Waals surface area contributed by atoms with E-state index in [1.165, 1.54) is 12.1 Å². The maximum atomic E-state index is 10.8. The van der Waals surface area contributed by atoms with Crippen molar-refractivity contribution < 1.29 is 19.4 Å². The molecule has 0 aliphatic heterocycles. The maximum Gasteiger partial charge on any atom is 0.336 e. The minimum atomic E-state index is -1.02. The summed E-state index contributed by atoms with van der Waals surface area (Å²) >= 11 is 0. The van der Waals surface area contributed by atoms with Crippen LogP contribution in [0.15, 0.2) is 12.1 Å². The Morgan fingerprint density at radius 2 is 1.94 bits per heavy atom. The number of ether oxygens (including phenoxy) is 2. The second kappa shape index (κ2) is 5.95. The molecule has 5 heteroatoms. The first kappa shape index (κ1) is 12.3. The van der Waals surface area contributed by atoms with Crippen molar-refractivity contribution in [3.05, 3.63) is 17.7 Å². The molecule has 0 aromatic carbocycles. The fourth-order valence-corrected chi connectivity index (χ4v) is 1.11. The lowest BCUT2D eigenvalue weighted by atomic mass is 10.2. The molecule has 0 atom stereocenters. The molecule has 88 valence electrons. The summed E-state index contributed by atoms with van der Waals surface area (Å²) in [6.45, 7) is 4.71. The minimum absolute atomic E-state index is 0.115. The smallest absolute Gasteiger partial charge is 0.336 e. The van der Waals surface area contributed by atoms with Crippen LogP contribution in [0.4, 0.5) is 0 Å². The van der Waals surface area contributed by atoms with Crippen molar-refractivity contribution in [3.63, 3.8) is 0 Å². The summed E-state index contributed by atoms with van der Waals surface area (Å²) in [6.07, 6.45) is 0.836. The molecule has 0 amide bonds. The van der Waals surface area contributed by atoms with Crippen LogP contribution in [0.2, 0.25) is 0 Å². The van der Waals surface area contributed by atoms with E-state index in [-0.39, 0.29) is 17.3 Å². The number of hydrogen-bond acceptors (Lipinski definition) is 4. The number of hydrogen-bond donors (Lipinski definition) is 1. The van der Waals surface area contributed by atoms with Gasteiger partial charge >= 0.3 is 5.97 Å². The predicted molar refractivity (Wildman–Crippen MR) is 58.2 cm³/mol. The van der Waals surface area contributed by atoms with Crippen LogP contribution in [0.5, 0.6) is 11.8 Å². The van der Waals surface area contributed by atoms with Crippen molar-refractivity contribution in [1.82, 2.24) is 4.98 Å². The summed E-state index contributed by atoms with van der Waals surface area (Å²) < 4.78 is 10.4. The zero-order valence-corrected chi connectivity index (χ0v) is 9.40. The van der Waals surface area contributed by atoms with E-state index in [0.29, 0.717) is 13.2 Å². The lowest BCUT2D eigenvalue weighted by molar-refractivity contribution is 0.0695. The van der Waals surface area contributed by atoms with Gasteiger partial charge < -0.3 is 14.6 Å². The molecule has 0 saturated carbocycles. The molecule has 0 spiro atoms. The molecule has 0 aliphatic carbocycles. The molecule has 1 N–H and O–H groups in total. The number of carboxylic acid groups (broad SMARTS) is 1. The lowest BCUT2D eigenvalue weighted by Gasteiger charge is -2.07. The second-order valence-electron chi connectivity index (χ2n) is 3.12. The number of aromatic carboxylic acids is 1. The highest BCUT2D eigenvalue weighted by Gasteiger charge is 2.09. The van der Waals surface area contributed by atoms with E-state index in [2.05, 4.69) is 4.98 Å². The summed E-state index contributed by atoms with van der Waals surface area (Å²) in [5.41, 5.74) is 0.115. The zero-order chi connectivity index (χ0) is 12.0. The van der Waals surface area contributed by atoms with Crippen LogP contribution in [0, 0.1) is 0 Å². The van der Waals surface area contributed by atoms with Gasteiger partial charge in [-0.3, -0.25) is 0 Å². The minimum Gasteiger partial charge on any atom is -0.478 e. The third kappa shape index (κ3) is 3.42. The molecular weight excluding hydrogens is 210 g/mol. The number of aromatic nitrogens is 1. The van der Waals surface area contributed by atoms with Crippen LogP contribution in [-0.4, -0.2) is 29.3 Å².